The fourth-order valence-electron chi connectivity index (χ4n) is 8.33. The molecule has 5 heterocycles. The SMILES string of the molecule is C[C@H](O)[C@H](C(=O)O)[C@H]1[C@@H](C)C(S[C@@H]2CN[C@@H](C(=O)N(C)C)C2)=c2c(=O)n3c(c(=O)n21)=C(S[C@@H]1CN[C@@H](C(=O)N(C)C)C1)[C@H](C)[C@@H]3[C@H](C(=O)O)[C@@H](C)O. The lowest BCUT2D eigenvalue weighted by atomic mass is 9.87. The average Bonchev–Trinajstić information content (AvgIpc) is 3.83. The highest BCUT2D eigenvalue weighted by molar-refractivity contribution is 8.08. The van der Waals surface area contributed by atoms with E-state index in [1.54, 1.807) is 42.0 Å². The largest absolute Gasteiger partial charge is 0.481 e. The van der Waals surface area contributed by atoms with E-state index >= 15 is 9.59 Å². The second kappa shape index (κ2) is 15.3. The summed E-state index contributed by atoms with van der Waals surface area (Å²) < 4.78 is 2.38. The molecule has 4 aliphatic rings. The van der Waals surface area contributed by atoms with Gasteiger partial charge in [0.25, 0.3) is 11.1 Å². The van der Waals surface area contributed by atoms with Crippen LogP contribution in [0.5, 0.6) is 0 Å². The molecule has 0 radical (unpaired) electrons. The third-order valence-electron chi connectivity index (χ3n) is 10.8. The van der Waals surface area contributed by atoms with Crippen molar-refractivity contribution in [1.29, 1.82) is 0 Å². The summed E-state index contributed by atoms with van der Waals surface area (Å²) in [5, 5.41) is 48.2. The zero-order valence-corrected chi connectivity index (χ0v) is 32.2. The summed E-state index contributed by atoms with van der Waals surface area (Å²) in [4.78, 5) is 84.8. The van der Waals surface area contributed by atoms with Crippen LogP contribution in [0, 0.1) is 23.7 Å². The van der Waals surface area contributed by atoms with Gasteiger partial charge in [-0.1, -0.05) is 13.8 Å². The van der Waals surface area contributed by atoms with Crippen LogP contribution in [0.4, 0.5) is 0 Å². The Kier molecular flexibility index (Phi) is 11.8. The number of aromatic nitrogens is 2. The van der Waals surface area contributed by atoms with Crippen molar-refractivity contribution < 1.29 is 39.6 Å². The van der Waals surface area contributed by atoms with Crippen LogP contribution in [-0.2, 0) is 19.2 Å². The zero-order valence-electron chi connectivity index (χ0n) is 30.6. The van der Waals surface area contributed by atoms with Crippen LogP contribution >= 0.6 is 23.5 Å². The molecule has 2 saturated heterocycles. The maximum Gasteiger partial charge on any atom is 0.311 e. The van der Waals surface area contributed by atoms with E-state index in [4.69, 9.17) is 0 Å². The minimum absolute atomic E-state index is 0.0807. The van der Waals surface area contributed by atoms with Gasteiger partial charge >= 0.3 is 11.9 Å². The van der Waals surface area contributed by atoms with Crippen molar-refractivity contribution in [3.8, 4) is 0 Å². The molecule has 2 fully saturated rings. The first-order valence-electron chi connectivity index (χ1n) is 17.5. The summed E-state index contributed by atoms with van der Waals surface area (Å²) in [6, 6.07) is -3.30. The lowest BCUT2D eigenvalue weighted by molar-refractivity contribution is -0.149. The van der Waals surface area contributed by atoms with Crippen molar-refractivity contribution in [2.24, 2.45) is 23.7 Å². The maximum absolute atomic E-state index is 15.0. The Balaban J connectivity index is 1.77. The molecule has 4 aliphatic heterocycles. The van der Waals surface area contributed by atoms with Gasteiger partial charge in [0.15, 0.2) is 0 Å². The first-order valence-corrected chi connectivity index (χ1v) is 19.2. The number of carboxylic acid groups (broad SMARTS) is 2. The molecule has 52 heavy (non-hydrogen) atoms. The Morgan fingerprint density at radius 3 is 1.29 bits per heavy atom. The van der Waals surface area contributed by atoms with Gasteiger partial charge < -0.3 is 40.9 Å². The van der Waals surface area contributed by atoms with Gasteiger partial charge in [0.2, 0.25) is 11.8 Å². The molecule has 0 saturated carbocycles. The molecule has 18 heteroatoms. The smallest absolute Gasteiger partial charge is 0.311 e. The molecular formula is C34H50N6O10S2. The number of nitrogens with one attached hydrogen (secondary N) is 2. The van der Waals surface area contributed by atoms with Gasteiger partial charge in [0, 0.05) is 73.4 Å². The Hall–Kier alpha value is -3.16. The fraction of sp³-hybridized carbons (Fsp3) is 0.706. The summed E-state index contributed by atoms with van der Waals surface area (Å²) in [6.07, 6.45) is -2.01. The van der Waals surface area contributed by atoms with Crippen LogP contribution in [-0.4, -0.2) is 139 Å². The molecule has 2 amide bonds. The second-order valence-corrected chi connectivity index (χ2v) is 17.6. The molecule has 1 aromatic heterocycles. The Labute approximate surface area is 309 Å². The summed E-state index contributed by atoms with van der Waals surface area (Å²) in [7, 11) is 6.61. The van der Waals surface area contributed by atoms with Crippen LogP contribution in [0.25, 0.3) is 9.81 Å². The number of aliphatic hydroxyl groups excluding tert-OH is 2. The molecular weight excluding hydrogens is 717 g/mol. The number of thioether (sulfide) groups is 2. The normalized spacial score (nSPS) is 30.4. The molecule has 5 rings (SSSR count). The average molecular weight is 767 g/mol. The second-order valence-electron chi connectivity index (χ2n) is 14.9. The van der Waals surface area contributed by atoms with Crippen LogP contribution in [0.15, 0.2) is 9.59 Å². The summed E-state index contributed by atoms with van der Waals surface area (Å²) >= 11 is 2.56. The number of likely N-dealkylation sites (N-methyl/N-ethyl adjacent to an activating group) is 2. The number of aliphatic hydroxyl groups is 2. The maximum atomic E-state index is 15.0. The van der Waals surface area contributed by atoms with Gasteiger partial charge in [-0.05, 0) is 26.7 Å². The number of fused-ring (bicyclic) bond motifs is 2. The minimum Gasteiger partial charge on any atom is -0.481 e. The number of carboxylic acids is 2. The topological polar surface area (TPSA) is 224 Å². The van der Waals surface area contributed by atoms with E-state index in [1.165, 1.54) is 56.3 Å². The molecule has 0 spiro atoms. The quantitative estimate of drug-likeness (QED) is 0.134. The van der Waals surface area contributed by atoms with Crippen LogP contribution < -0.4 is 32.5 Å². The molecule has 0 aromatic carbocycles. The fourth-order valence-corrected chi connectivity index (χ4v) is 11.3. The lowest BCUT2D eigenvalue weighted by Crippen LogP contribution is -2.59. The van der Waals surface area contributed by atoms with Gasteiger partial charge in [-0.2, -0.15) is 0 Å². The molecule has 0 bridgehead atoms. The van der Waals surface area contributed by atoms with Gasteiger partial charge in [-0.15, -0.1) is 23.5 Å². The van der Waals surface area contributed by atoms with Crippen LogP contribution in [0.1, 0.15) is 52.6 Å². The van der Waals surface area contributed by atoms with Gasteiger partial charge in [-0.3, -0.25) is 37.9 Å². The highest BCUT2D eigenvalue weighted by atomic mass is 32.2. The molecule has 6 N–H and O–H groups in total. The highest BCUT2D eigenvalue weighted by Crippen LogP contribution is 2.46. The first-order chi connectivity index (χ1) is 24.3. The van der Waals surface area contributed by atoms with Crippen molar-refractivity contribution in [1.82, 2.24) is 29.6 Å². The van der Waals surface area contributed by atoms with Crippen molar-refractivity contribution in [3.63, 3.8) is 0 Å². The third-order valence-corrected chi connectivity index (χ3v) is 13.9. The third kappa shape index (κ3) is 6.97. The summed E-state index contributed by atoms with van der Waals surface area (Å²) in [6.45, 7) is 6.86. The first kappa shape index (κ1) is 40.0. The molecule has 16 nitrogen and oxygen atoms in total. The van der Waals surface area contributed by atoms with Crippen LogP contribution in [0.3, 0.4) is 0 Å². The highest BCUT2D eigenvalue weighted by Gasteiger charge is 2.50. The molecule has 1 aromatic rings. The van der Waals surface area contributed by atoms with Crippen molar-refractivity contribution >= 4 is 57.1 Å². The van der Waals surface area contributed by atoms with E-state index in [-0.39, 0.29) is 33.0 Å². The molecule has 0 unspecified atom stereocenters. The van der Waals surface area contributed by atoms with E-state index in [1.807, 2.05) is 0 Å². The predicted octanol–water partition coefficient (Wildman–Crippen LogP) is -2.12. The van der Waals surface area contributed by atoms with E-state index in [0.717, 1.165) is 0 Å². The van der Waals surface area contributed by atoms with Gasteiger partial charge in [-0.25, -0.2) is 0 Å². The Bertz CT molecular complexity index is 1740. The Morgan fingerprint density at radius 2 is 1.02 bits per heavy atom. The van der Waals surface area contributed by atoms with E-state index in [9.17, 15) is 39.6 Å². The number of amides is 2. The zero-order chi connectivity index (χ0) is 38.7. The molecule has 12 atom stereocenters. The molecule has 288 valence electrons. The number of aliphatic carboxylic acids is 2. The molecule has 0 aliphatic carbocycles. The van der Waals surface area contributed by atoms with Crippen molar-refractivity contribution in [2.45, 2.75) is 87.4 Å². The van der Waals surface area contributed by atoms with Gasteiger partial charge in [0.1, 0.15) is 22.5 Å². The van der Waals surface area contributed by atoms with Crippen molar-refractivity contribution in [3.05, 3.63) is 31.4 Å². The monoisotopic (exact) mass is 766 g/mol. The number of carbonyl (C=O) groups is 4. The summed E-state index contributed by atoms with van der Waals surface area (Å²) in [5.74, 6) is -7.38. The summed E-state index contributed by atoms with van der Waals surface area (Å²) in [5.41, 5.74) is -1.39. The van der Waals surface area contributed by atoms with Gasteiger partial charge in [0.05, 0.1) is 36.4 Å². The van der Waals surface area contributed by atoms with Crippen molar-refractivity contribution in [2.75, 3.05) is 41.3 Å². The number of hydrogen-bond acceptors (Lipinski definition) is 12. The number of nitrogens with zero attached hydrogens (tertiary/aromatic N) is 4. The lowest BCUT2D eigenvalue weighted by Gasteiger charge is -2.30. The van der Waals surface area contributed by atoms with Crippen LogP contribution in [0.2, 0.25) is 0 Å². The standard InChI is InChI=1S/C34H50N6O10S2/c1-13-23(21(15(3)41)33(47)48)39-25(27(13)51-17-9-19(35-11-17)29(43)37(5)6)31(45)40-24(22(16(4)42)34(49)50)14(2)28(26(40)32(39)46)52-18-10-20(36-12-18)30(44)38(7)8/h13-24,35-36,41-42H,9-12H2,1-8H3,(H,47,48)(H,49,50)/t13-,14-,15-,16+,17+,18+,19-,20-,21-,22+,23-,24-/m1/s1. The van der Waals surface area contributed by atoms with E-state index < -0.39 is 83.1 Å². The minimum atomic E-state index is -1.48. The Morgan fingerprint density at radius 1 is 0.692 bits per heavy atom. The predicted molar refractivity (Wildman–Crippen MR) is 196 cm³/mol. The van der Waals surface area contributed by atoms with E-state index in [0.29, 0.717) is 35.7 Å². The number of carbonyl (C=O) groups excluding carboxylic acids is 2. The van der Waals surface area contributed by atoms with E-state index in [2.05, 4.69) is 10.6 Å². The number of rotatable bonds is 12. The number of hydrogen-bond donors (Lipinski definition) is 6.